The minimum absolute atomic E-state index is 0.228. The molecule has 2 heterocycles. The lowest BCUT2D eigenvalue weighted by atomic mass is 10.1. The average Bonchev–Trinajstić information content (AvgIpc) is 3.08. The summed E-state index contributed by atoms with van der Waals surface area (Å²) in [6, 6.07) is 16.7. The van der Waals surface area contributed by atoms with Gasteiger partial charge in [0.15, 0.2) is 6.33 Å². The van der Waals surface area contributed by atoms with Gasteiger partial charge in [0.2, 0.25) is 5.52 Å². The molecule has 2 aromatic carbocycles. The summed E-state index contributed by atoms with van der Waals surface area (Å²) in [7, 11) is 1.79. The molecule has 0 atom stereocenters. The van der Waals surface area contributed by atoms with Gasteiger partial charge in [-0.2, -0.15) is 17.7 Å². The zero-order valence-electron chi connectivity index (χ0n) is 16.8. The van der Waals surface area contributed by atoms with Crippen LogP contribution in [-0.4, -0.2) is 14.5 Å². The topological polar surface area (TPSA) is 34.6 Å². The molecule has 0 saturated carbocycles. The number of imidazole rings is 1. The molecule has 0 N–H and O–H groups in total. The third-order valence-electron chi connectivity index (χ3n) is 5.04. The van der Waals surface area contributed by atoms with Crippen LogP contribution in [0.1, 0.15) is 31.2 Å². The first kappa shape index (κ1) is 20.1. The summed E-state index contributed by atoms with van der Waals surface area (Å²) in [5.41, 5.74) is 3.57. The van der Waals surface area contributed by atoms with Gasteiger partial charge in [-0.15, -0.1) is 0 Å². The maximum atomic E-state index is 13.6. The lowest BCUT2D eigenvalue weighted by Crippen LogP contribution is -2.30. The molecule has 0 unspecified atom stereocenters. The van der Waals surface area contributed by atoms with Crippen LogP contribution in [0.25, 0.3) is 28.1 Å². The molecule has 30 heavy (non-hydrogen) atoms. The Morgan fingerprint density at radius 3 is 2.47 bits per heavy atom. The van der Waals surface area contributed by atoms with Crippen molar-refractivity contribution in [3.63, 3.8) is 0 Å². The van der Waals surface area contributed by atoms with Gasteiger partial charge < -0.3 is 0 Å². The Balaban J connectivity index is 1.97. The highest BCUT2D eigenvalue weighted by Gasteiger charge is 2.40. The first-order valence-electron chi connectivity index (χ1n) is 9.89. The molecule has 0 aliphatic rings. The van der Waals surface area contributed by atoms with E-state index in [1.54, 1.807) is 46.8 Å². The number of unbranched alkanes of at least 4 members (excludes halogenated alkanes) is 1. The molecule has 0 aliphatic heterocycles. The van der Waals surface area contributed by atoms with Gasteiger partial charge in [0, 0.05) is 5.56 Å². The van der Waals surface area contributed by atoms with E-state index >= 15 is 0 Å². The van der Waals surface area contributed by atoms with E-state index in [1.807, 2.05) is 30.3 Å². The lowest BCUT2D eigenvalue weighted by molar-refractivity contribution is -0.570. The van der Waals surface area contributed by atoms with Gasteiger partial charge in [-0.3, -0.25) is 4.57 Å². The van der Waals surface area contributed by atoms with Crippen LogP contribution in [0, 0.1) is 0 Å². The van der Waals surface area contributed by atoms with E-state index < -0.39 is 12.0 Å². The molecule has 4 nitrogen and oxygen atoms in total. The number of hydrogen-bond acceptors (Lipinski definition) is 2. The Bertz CT molecular complexity index is 1180. The van der Waals surface area contributed by atoms with E-state index in [4.69, 9.17) is 0 Å². The Labute approximate surface area is 172 Å². The number of aryl methyl sites for hydroxylation is 2. The van der Waals surface area contributed by atoms with E-state index in [9.17, 15) is 13.2 Å². The van der Waals surface area contributed by atoms with Gasteiger partial charge in [-0.25, -0.2) is 4.98 Å². The number of halogens is 3. The van der Waals surface area contributed by atoms with Crippen molar-refractivity contribution in [2.75, 3.05) is 0 Å². The predicted molar refractivity (Wildman–Crippen MR) is 109 cm³/mol. The molecule has 0 bridgehead atoms. The molecule has 0 spiro atoms. The SMILES string of the molecule is CCCCc1cccc(-[n+]2cn(C)c3c(-c4ccccc4)nc(C(F)(F)F)nc32)c1. The minimum atomic E-state index is -4.64. The van der Waals surface area contributed by atoms with Crippen LogP contribution < -0.4 is 4.57 Å². The first-order chi connectivity index (χ1) is 14.4. The van der Waals surface area contributed by atoms with Crippen LogP contribution in [0.5, 0.6) is 0 Å². The fraction of sp³-hybridized carbons (Fsp3) is 0.261. The van der Waals surface area contributed by atoms with Gasteiger partial charge in [-0.05, 0) is 30.5 Å². The highest BCUT2D eigenvalue weighted by molar-refractivity contribution is 5.86. The van der Waals surface area contributed by atoms with Gasteiger partial charge >= 0.3 is 17.6 Å². The molecule has 0 fully saturated rings. The van der Waals surface area contributed by atoms with Gasteiger partial charge in [0.25, 0.3) is 0 Å². The number of rotatable bonds is 5. The maximum absolute atomic E-state index is 13.6. The average molecular weight is 411 g/mol. The van der Waals surface area contributed by atoms with E-state index in [1.165, 1.54) is 0 Å². The second-order valence-corrected chi connectivity index (χ2v) is 7.30. The summed E-state index contributed by atoms with van der Waals surface area (Å²) in [6.07, 6.45) is 0.170. The summed E-state index contributed by atoms with van der Waals surface area (Å²) >= 11 is 0. The summed E-state index contributed by atoms with van der Waals surface area (Å²) in [6.45, 7) is 2.13. The second-order valence-electron chi connectivity index (χ2n) is 7.30. The normalized spacial score (nSPS) is 11.9. The van der Waals surface area contributed by atoms with Crippen molar-refractivity contribution in [3.8, 4) is 16.9 Å². The molecule has 0 amide bonds. The van der Waals surface area contributed by atoms with E-state index in [0.29, 0.717) is 11.1 Å². The molecular formula is C23H22F3N4+. The molecule has 4 aromatic rings. The second kappa shape index (κ2) is 7.89. The van der Waals surface area contributed by atoms with Gasteiger partial charge in [0.05, 0.1) is 7.05 Å². The zero-order valence-corrected chi connectivity index (χ0v) is 16.8. The predicted octanol–water partition coefficient (Wildman–Crippen LogP) is 5.27. The molecule has 154 valence electrons. The molecule has 4 rings (SSSR count). The first-order valence-corrected chi connectivity index (χ1v) is 9.89. The Hall–Kier alpha value is -3.22. The molecule has 7 heteroatoms. The number of alkyl halides is 3. The van der Waals surface area contributed by atoms with Crippen LogP contribution in [0.4, 0.5) is 13.2 Å². The summed E-state index contributed by atoms with van der Waals surface area (Å²) in [4.78, 5) is 7.83. The molecular weight excluding hydrogens is 389 g/mol. The fourth-order valence-corrected chi connectivity index (χ4v) is 3.58. The Kier molecular flexibility index (Phi) is 5.28. The van der Waals surface area contributed by atoms with Crippen molar-refractivity contribution < 1.29 is 17.7 Å². The number of fused-ring (bicyclic) bond motifs is 1. The highest BCUT2D eigenvalue weighted by atomic mass is 19.4. The third kappa shape index (κ3) is 3.79. The van der Waals surface area contributed by atoms with Crippen LogP contribution in [0.15, 0.2) is 60.9 Å². The van der Waals surface area contributed by atoms with Crippen molar-refractivity contribution in [1.82, 2.24) is 14.5 Å². The number of nitrogens with zero attached hydrogens (tertiary/aromatic N) is 4. The largest absolute Gasteiger partial charge is 0.468 e. The molecule has 0 aliphatic carbocycles. The van der Waals surface area contributed by atoms with E-state index in [-0.39, 0.29) is 11.3 Å². The quantitative estimate of drug-likeness (QED) is 0.419. The van der Waals surface area contributed by atoms with Gasteiger partial charge in [0.1, 0.15) is 11.4 Å². The molecule has 0 radical (unpaired) electrons. The summed E-state index contributed by atoms with van der Waals surface area (Å²) in [5.74, 6) is -1.14. The number of aromatic nitrogens is 4. The van der Waals surface area contributed by atoms with Crippen LogP contribution >= 0.6 is 0 Å². The van der Waals surface area contributed by atoms with Crippen molar-refractivity contribution in [2.45, 2.75) is 32.4 Å². The van der Waals surface area contributed by atoms with Crippen LogP contribution in [0.2, 0.25) is 0 Å². The summed E-state index contributed by atoms with van der Waals surface area (Å²) < 4.78 is 44.3. The summed E-state index contributed by atoms with van der Waals surface area (Å²) in [5, 5.41) is 0. The van der Waals surface area contributed by atoms with Crippen LogP contribution in [-0.2, 0) is 19.6 Å². The number of hydrogen-bond donors (Lipinski definition) is 0. The maximum Gasteiger partial charge on any atom is 0.468 e. The zero-order chi connectivity index (χ0) is 21.3. The molecule has 0 saturated heterocycles. The van der Waals surface area contributed by atoms with Crippen molar-refractivity contribution >= 4 is 11.2 Å². The monoisotopic (exact) mass is 411 g/mol. The number of benzene rings is 2. The Morgan fingerprint density at radius 1 is 1.00 bits per heavy atom. The molecule has 2 aromatic heterocycles. The van der Waals surface area contributed by atoms with Crippen molar-refractivity contribution in [2.24, 2.45) is 7.05 Å². The Morgan fingerprint density at radius 2 is 1.77 bits per heavy atom. The van der Waals surface area contributed by atoms with E-state index in [2.05, 4.69) is 16.9 Å². The van der Waals surface area contributed by atoms with Crippen LogP contribution in [0.3, 0.4) is 0 Å². The highest BCUT2D eigenvalue weighted by Crippen LogP contribution is 2.32. The lowest BCUT2D eigenvalue weighted by Gasteiger charge is -2.06. The standard InChI is InChI=1S/C23H22F3N4/c1-3-4-9-16-10-8-13-18(14-16)30-15-29(2)20-19(17-11-6-5-7-12-17)27-22(23(24,25)26)28-21(20)30/h5-8,10-15H,3-4,9H2,1-2H3/q+1. The van der Waals surface area contributed by atoms with Crippen molar-refractivity contribution in [1.29, 1.82) is 0 Å². The fourth-order valence-electron chi connectivity index (χ4n) is 3.58. The third-order valence-corrected chi connectivity index (χ3v) is 5.04. The van der Waals surface area contributed by atoms with E-state index in [0.717, 1.165) is 30.5 Å². The smallest absolute Gasteiger partial charge is 0.261 e. The minimum Gasteiger partial charge on any atom is -0.261 e. The van der Waals surface area contributed by atoms with Gasteiger partial charge in [-0.1, -0.05) is 60.8 Å². The van der Waals surface area contributed by atoms with Crippen molar-refractivity contribution in [3.05, 3.63) is 72.3 Å².